The van der Waals surface area contributed by atoms with Gasteiger partial charge in [0, 0.05) is 12.1 Å². The fourth-order valence-corrected chi connectivity index (χ4v) is 2.62. The van der Waals surface area contributed by atoms with Crippen LogP contribution in [0, 0.1) is 0 Å². The number of fused-ring (bicyclic) bond motifs is 1. The van der Waals surface area contributed by atoms with Gasteiger partial charge in [0.15, 0.2) is 18.1 Å². The Balaban J connectivity index is 1.50. The molecule has 0 bridgehead atoms. The van der Waals surface area contributed by atoms with Crippen LogP contribution in [-0.4, -0.2) is 25.7 Å². The van der Waals surface area contributed by atoms with Crippen molar-refractivity contribution in [2.45, 2.75) is 26.3 Å². The van der Waals surface area contributed by atoms with Crippen LogP contribution < -0.4 is 19.5 Å². The first-order chi connectivity index (χ1) is 12.1. The van der Waals surface area contributed by atoms with E-state index in [1.807, 2.05) is 42.5 Å². The highest BCUT2D eigenvalue weighted by molar-refractivity contribution is 5.77. The molecule has 0 saturated carbocycles. The number of hydrogen-bond acceptors (Lipinski definition) is 4. The van der Waals surface area contributed by atoms with Crippen molar-refractivity contribution in [3.05, 3.63) is 53.6 Å². The molecule has 0 unspecified atom stereocenters. The number of benzene rings is 2. The van der Waals surface area contributed by atoms with Gasteiger partial charge in [0.1, 0.15) is 19.0 Å². The monoisotopic (exact) mass is 341 g/mol. The van der Waals surface area contributed by atoms with Gasteiger partial charge in [0.05, 0.1) is 0 Å². The van der Waals surface area contributed by atoms with Gasteiger partial charge in [0.25, 0.3) is 5.91 Å². The maximum atomic E-state index is 12.0. The highest BCUT2D eigenvalue weighted by Crippen LogP contribution is 2.33. The summed E-state index contributed by atoms with van der Waals surface area (Å²) in [5.41, 5.74) is 2.14. The van der Waals surface area contributed by atoms with E-state index in [-0.39, 0.29) is 12.5 Å². The van der Waals surface area contributed by atoms with E-state index in [0.29, 0.717) is 37.2 Å². The molecule has 0 aliphatic carbocycles. The second kappa shape index (κ2) is 7.92. The molecule has 1 N–H and O–H groups in total. The van der Waals surface area contributed by atoms with E-state index in [4.69, 9.17) is 14.2 Å². The van der Waals surface area contributed by atoms with Gasteiger partial charge in [-0.3, -0.25) is 4.79 Å². The molecule has 1 aliphatic rings. The number of carbonyl (C=O) groups is 1. The van der Waals surface area contributed by atoms with Crippen molar-refractivity contribution in [3.8, 4) is 17.2 Å². The van der Waals surface area contributed by atoms with E-state index in [1.165, 1.54) is 5.56 Å². The lowest BCUT2D eigenvalue weighted by atomic mass is 10.0. The van der Waals surface area contributed by atoms with Gasteiger partial charge in [-0.15, -0.1) is 0 Å². The van der Waals surface area contributed by atoms with Crippen molar-refractivity contribution < 1.29 is 19.0 Å². The third kappa shape index (κ3) is 4.44. The number of nitrogens with one attached hydrogen (secondary N) is 1. The van der Waals surface area contributed by atoms with E-state index in [1.54, 1.807) is 0 Å². The Morgan fingerprint density at radius 1 is 1.12 bits per heavy atom. The van der Waals surface area contributed by atoms with Gasteiger partial charge >= 0.3 is 0 Å². The number of hydrogen-bond donors (Lipinski definition) is 1. The maximum Gasteiger partial charge on any atom is 0.258 e. The molecule has 1 heterocycles. The minimum absolute atomic E-state index is 0.0204. The Morgan fingerprint density at radius 3 is 2.64 bits per heavy atom. The normalized spacial score (nSPS) is 12.8. The van der Waals surface area contributed by atoms with Gasteiger partial charge in [0.2, 0.25) is 0 Å². The molecule has 0 saturated heterocycles. The predicted octanol–water partition coefficient (Wildman–Crippen LogP) is 3.28. The van der Waals surface area contributed by atoms with Crippen LogP contribution in [0.25, 0.3) is 0 Å². The molecule has 1 aliphatic heterocycles. The number of para-hydroxylation sites is 1. The molecule has 25 heavy (non-hydrogen) atoms. The summed E-state index contributed by atoms with van der Waals surface area (Å²) in [4.78, 5) is 12.0. The van der Waals surface area contributed by atoms with Gasteiger partial charge in [-0.1, -0.05) is 38.1 Å². The van der Waals surface area contributed by atoms with Crippen LogP contribution in [0.15, 0.2) is 42.5 Å². The van der Waals surface area contributed by atoms with E-state index < -0.39 is 0 Å². The Hall–Kier alpha value is -2.69. The Morgan fingerprint density at radius 2 is 1.88 bits per heavy atom. The molecule has 1 amide bonds. The van der Waals surface area contributed by atoms with Gasteiger partial charge in [-0.05, 0) is 29.7 Å². The fraction of sp³-hybridized carbons (Fsp3) is 0.350. The minimum Gasteiger partial charge on any atom is -0.486 e. The highest BCUT2D eigenvalue weighted by Gasteiger charge is 2.15. The smallest absolute Gasteiger partial charge is 0.258 e. The van der Waals surface area contributed by atoms with Crippen LogP contribution in [0.3, 0.4) is 0 Å². The second-order valence-corrected chi connectivity index (χ2v) is 6.23. The molecule has 132 valence electrons. The predicted molar refractivity (Wildman–Crippen MR) is 95.3 cm³/mol. The zero-order chi connectivity index (χ0) is 17.6. The molecule has 5 nitrogen and oxygen atoms in total. The fourth-order valence-electron chi connectivity index (χ4n) is 2.62. The summed E-state index contributed by atoms with van der Waals surface area (Å²) in [6, 6.07) is 13.5. The lowest BCUT2D eigenvalue weighted by Crippen LogP contribution is -2.29. The summed E-state index contributed by atoms with van der Waals surface area (Å²) in [6.45, 7) is 5.70. The molecule has 0 aromatic heterocycles. The molecule has 3 rings (SSSR count). The SMILES string of the molecule is CC(C)c1ccc(OCC(=O)NCc2cccc3c2OCCO3)cc1. The standard InChI is InChI=1S/C20H23NO4/c1-14(2)15-6-8-17(9-7-15)25-13-19(22)21-12-16-4-3-5-18-20(16)24-11-10-23-18/h3-9,14H,10-13H2,1-2H3,(H,21,22). The first-order valence-electron chi connectivity index (χ1n) is 8.50. The van der Waals surface area contributed by atoms with E-state index in [0.717, 1.165) is 11.3 Å². The van der Waals surface area contributed by atoms with Crippen LogP contribution >= 0.6 is 0 Å². The summed E-state index contributed by atoms with van der Waals surface area (Å²) in [7, 11) is 0. The van der Waals surface area contributed by atoms with E-state index in [2.05, 4.69) is 19.2 Å². The number of carbonyl (C=O) groups excluding carboxylic acids is 1. The van der Waals surface area contributed by atoms with Crippen LogP contribution in [0.1, 0.15) is 30.9 Å². The minimum atomic E-state index is -0.178. The van der Waals surface area contributed by atoms with E-state index >= 15 is 0 Å². The Kier molecular flexibility index (Phi) is 5.43. The van der Waals surface area contributed by atoms with Crippen LogP contribution in [0.5, 0.6) is 17.2 Å². The summed E-state index contributed by atoms with van der Waals surface area (Å²) in [5, 5.41) is 2.85. The van der Waals surface area contributed by atoms with E-state index in [9.17, 15) is 4.79 Å². The molecule has 0 spiro atoms. The largest absolute Gasteiger partial charge is 0.486 e. The molecular formula is C20H23NO4. The Bertz CT molecular complexity index is 725. The molecule has 5 heteroatoms. The van der Waals surface area contributed by atoms with Crippen LogP contribution in [0.4, 0.5) is 0 Å². The van der Waals surface area contributed by atoms with Crippen molar-refractivity contribution in [1.82, 2.24) is 5.32 Å². The lowest BCUT2D eigenvalue weighted by Gasteiger charge is -2.21. The summed E-state index contributed by atoms with van der Waals surface area (Å²) < 4.78 is 16.7. The molecule has 0 radical (unpaired) electrons. The second-order valence-electron chi connectivity index (χ2n) is 6.23. The summed E-state index contributed by atoms with van der Waals surface area (Å²) >= 11 is 0. The molecule has 0 atom stereocenters. The maximum absolute atomic E-state index is 12.0. The molecule has 2 aromatic carbocycles. The van der Waals surface area contributed by atoms with Crippen LogP contribution in [0.2, 0.25) is 0 Å². The number of amides is 1. The van der Waals surface area contributed by atoms with Crippen molar-refractivity contribution >= 4 is 5.91 Å². The van der Waals surface area contributed by atoms with Crippen molar-refractivity contribution in [3.63, 3.8) is 0 Å². The number of rotatable bonds is 6. The van der Waals surface area contributed by atoms with Gasteiger partial charge in [-0.25, -0.2) is 0 Å². The molecule has 2 aromatic rings. The lowest BCUT2D eigenvalue weighted by molar-refractivity contribution is -0.123. The molecule has 0 fully saturated rings. The Labute approximate surface area is 147 Å². The third-order valence-electron chi connectivity index (χ3n) is 4.04. The third-order valence-corrected chi connectivity index (χ3v) is 4.04. The zero-order valence-corrected chi connectivity index (χ0v) is 14.6. The first-order valence-corrected chi connectivity index (χ1v) is 8.50. The number of ether oxygens (including phenoxy) is 3. The van der Waals surface area contributed by atoms with Gasteiger partial charge < -0.3 is 19.5 Å². The van der Waals surface area contributed by atoms with Crippen molar-refractivity contribution in [2.75, 3.05) is 19.8 Å². The van der Waals surface area contributed by atoms with Gasteiger partial charge in [-0.2, -0.15) is 0 Å². The summed E-state index contributed by atoms with van der Waals surface area (Å²) in [5.74, 6) is 2.41. The zero-order valence-electron chi connectivity index (χ0n) is 14.6. The first kappa shape index (κ1) is 17.1. The van der Waals surface area contributed by atoms with Crippen molar-refractivity contribution in [2.24, 2.45) is 0 Å². The van der Waals surface area contributed by atoms with Crippen molar-refractivity contribution in [1.29, 1.82) is 0 Å². The molecular weight excluding hydrogens is 318 g/mol. The van der Waals surface area contributed by atoms with Crippen LogP contribution in [-0.2, 0) is 11.3 Å². The average molecular weight is 341 g/mol. The quantitative estimate of drug-likeness (QED) is 0.876. The summed E-state index contributed by atoms with van der Waals surface area (Å²) in [6.07, 6.45) is 0. The average Bonchev–Trinajstić information content (AvgIpc) is 2.65. The topological polar surface area (TPSA) is 56.8 Å². The highest BCUT2D eigenvalue weighted by atomic mass is 16.6.